The van der Waals surface area contributed by atoms with Crippen LogP contribution in [-0.4, -0.2) is 20.3 Å². The smallest absolute Gasteiger partial charge is 0.135 e. The molecule has 0 saturated carbocycles. The minimum atomic E-state index is -0.215. The van der Waals surface area contributed by atoms with E-state index in [-0.39, 0.29) is 5.54 Å². The molecule has 3 nitrogen and oxygen atoms in total. The normalized spacial score (nSPS) is 23.3. The lowest BCUT2D eigenvalue weighted by Gasteiger charge is -2.32. The summed E-state index contributed by atoms with van der Waals surface area (Å²) in [6, 6.07) is 6.40. The van der Waals surface area contributed by atoms with E-state index >= 15 is 0 Å². The van der Waals surface area contributed by atoms with Crippen molar-refractivity contribution >= 4 is 33.6 Å². The van der Waals surface area contributed by atoms with Crippen LogP contribution in [0.3, 0.4) is 0 Å². The predicted molar refractivity (Wildman–Crippen MR) is 79.9 cm³/mol. The Morgan fingerprint density at radius 2 is 2.33 bits per heavy atom. The van der Waals surface area contributed by atoms with Crippen LogP contribution >= 0.6 is 22.6 Å². The van der Waals surface area contributed by atoms with E-state index in [2.05, 4.69) is 53.0 Å². The Morgan fingerprint density at radius 3 is 3.11 bits per heavy atom. The lowest BCUT2D eigenvalue weighted by Crippen LogP contribution is -2.47. The maximum atomic E-state index is 6.09. The summed E-state index contributed by atoms with van der Waals surface area (Å²) >= 11 is 2.31. The first kappa shape index (κ1) is 12.4. The van der Waals surface area contributed by atoms with Crippen LogP contribution in [0.4, 0.5) is 0 Å². The molecule has 1 atom stereocenters. The first-order chi connectivity index (χ1) is 8.64. The fourth-order valence-electron chi connectivity index (χ4n) is 2.77. The molecule has 1 aliphatic rings. The highest BCUT2D eigenvalue weighted by atomic mass is 127. The Morgan fingerprint density at radius 1 is 1.50 bits per heavy atom. The van der Waals surface area contributed by atoms with E-state index in [0.29, 0.717) is 6.61 Å². The summed E-state index contributed by atoms with van der Waals surface area (Å²) in [5, 5.41) is 4.75. The van der Waals surface area contributed by atoms with Gasteiger partial charge in [-0.25, -0.2) is 0 Å². The number of benzene rings is 1. The van der Waals surface area contributed by atoms with E-state index in [0.717, 1.165) is 24.3 Å². The van der Waals surface area contributed by atoms with Crippen molar-refractivity contribution in [2.75, 3.05) is 20.3 Å². The molecule has 0 saturated heterocycles. The van der Waals surface area contributed by atoms with E-state index in [1.165, 1.54) is 14.5 Å². The van der Waals surface area contributed by atoms with Crippen LogP contribution in [0.1, 0.15) is 18.2 Å². The minimum absolute atomic E-state index is 0.215. The van der Waals surface area contributed by atoms with Gasteiger partial charge in [0.05, 0.1) is 12.1 Å². The van der Waals surface area contributed by atoms with Crippen molar-refractivity contribution in [1.29, 1.82) is 0 Å². The average Bonchev–Trinajstić information content (AvgIpc) is 2.69. The molecule has 0 amide bonds. The average molecular weight is 357 g/mol. The first-order valence-corrected chi connectivity index (χ1v) is 7.17. The highest BCUT2D eigenvalue weighted by Crippen LogP contribution is 2.36. The maximum absolute atomic E-state index is 6.09. The summed E-state index contributed by atoms with van der Waals surface area (Å²) < 4.78 is 12.6. The standard InChI is InChI=1S/C14H16INO2/c1-14(8-17-2)13-11(5-6-16-14)10-4-3-9(15)7-12(10)18-13/h3-4,7,16H,5-6,8H2,1-2H3. The molecule has 1 unspecified atom stereocenters. The molecule has 1 aromatic carbocycles. The van der Waals surface area contributed by atoms with Gasteiger partial charge in [0.2, 0.25) is 0 Å². The van der Waals surface area contributed by atoms with Crippen LogP contribution in [0.5, 0.6) is 0 Å². The van der Waals surface area contributed by atoms with Crippen molar-refractivity contribution in [2.45, 2.75) is 18.9 Å². The number of halogens is 1. The lowest BCUT2D eigenvalue weighted by molar-refractivity contribution is 0.100. The molecule has 1 aliphatic heterocycles. The van der Waals surface area contributed by atoms with Gasteiger partial charge in [-0.2, -0.15) is 0 Å². The van der Waals surface area contributed by atoms with Gasteiger partial charge in [-0.1, -0.05) is 0 Å². The fourth-order valence-corrected chi connectivity index (χ4v) is 3.23. The number of methoxy groups -OCH3 is 1. The molecule has 0 aliphatic carbocycles. The Kier molecular flexibility index (Phi) is 3.11. The molecular formula is C14H16INO2. The topological polar surface area (TPSA) is 34.4 Å². The molecule has 1 N–H and O–H groups in total. The molecule has 4 heteroatoms. The molecular weight excluding hydrogens is 341 g/mol. The summed E-state index contributed by atoms with van der Waals surface area (Å²) in [5.74, 6) is 1.03. The Labute approximate surface area is 120 Å². The molecule has 96 valence electrons. The molecule has 0 spiro atoms. The molecule has 3 rings (SSSR count). The fraction of sp³-hybridized carbons (Fsp3) is 0.429. The van der Waals surface area contributed by atoms with E-state index in [4.69, 9.17) is 9.15 Å². The van der Waals surface area contributed by atoms with Gasteiger partial charge in [0.1, 0.15) is 11.3 Å². The van der Waals surface area contributed by atoms with Crippen molar-refractivity contribution in [2.24, 2.45) is 0 Å². The molecule has 0 fully saturated rings. The van der Waals surface area contributed by atoms with E-state index < -0.39 is 0 Å². The van der Waals surface area contributed by atoms with Crippen LogP contribution in [-0.2, 0) is 16.7 Å². The second-order valence-corrected chi connectivity index (χ2v) is 6.24. The number of nitrogens with one attached hydrogen (secondary N) is 1. The largest absolute Gasteiger partial charge is 0.459 e. The highest BCUT2D eigenvalue weighted by Gasteiger charge is 2.36. The Hall–Kier alpha value is -0.590. The van der Waals surface area contributed by atoms with Crippen LogP contribution in [0, 0.1) is 3.57 Å². The van der Waals surface area contributed by atoms with Crippen LogP contribution in [0.2, 0.25) is 0 Å². The molecule has 18 heavy (non-hydrogen) atoms. The summed E-state index contributed by atoms with van der Waals surface area (Å²) in [7, 11) is 1.73. The molecule has 2 heterocycles. The zero-order chi connectivity index (χ0) is 12.8. The monoisotopic (exact) mass is 357 g/mol. The molecule has 1 aromatic heterocycles. The number of ether oxygens (including phenoxy) is 1. The molecule has 2 aromatic rings. The minimum Gasteiger partial charge on any atom is -0.459 e. The van der Waals surface area contributed by atoms with E-state index in [1.807, 2.05) is 0 Å². The van der Waals surface area contributed by atoms with Gasteiger partial charge in [-0.3, -0.25) is 0 Å². The van der Waals surface area contributed by atoms with Gasteiger partial charge in [0, 0.05) is 28.2 Å². The van der Waals surface area contributed by atoms with E-state index in [9.17, 15) is 0 Å². The summed E-state index contributed by atoms with van der Waals surface area (Å²) in [6.45, 7) is 3.73. The lowest BCUT2D eigenvalue weighted by atomic mass is 9.90. The summed E-state index contributed by atoms with van der Waals surface area (Å²) in [4.78, 5) is 0. The number of furan rings is 1. The Bertz CT molecular complexity index is 593. The zero-order valence-corrected chi connectivity index (χ0v) is 12.7. The van der Waals surface area contributed by atoms with Gasteiger partial charge >= 0.3 is 0 Å². The third kappa shape index (κ3) is 1.87. The first-order valence-electron chi connectivity index (χ1n) is 6.09. The van der Waals surface area contributed by atoms with Crippen molar-refractivity contribution in [1.82, 2.24) is 5.32 Å². The second kappa shape index (κ2) is 4.51. The van der Waals surface area contributed by atoms with Crippen LogP contribution < -0.4 is 5.32 Å². The highest BCUT2D eigenvalue weighted by molar-refractivity contribution is 14.1. The van der Waals surface area contributed by atoms with Crippen molar-refractivity contribution < 1.29 is 9.15 Å². The summed E-state index contributed by atoms with van der Waals surface area (Å²) in [5.41, 5.74) is 2.10. The zero-order valence-electron chi connectivity index (χ0n) is 10.5. The summed E-state index contributed by atoms with van der Waals surface area (Å²) in [6.07, 6.45) is 1.02. The number of hydrogen-bond acceptors (Lipinski definition) is 3. The molecule has 0 radical (unpaired) electrons. The van der Waals surface area contributed by atoms with E-state index in [1.54, 1.807) is 7.11 Å². The SMILES string of the molecule is COCC1(C)NCCc2c1oc1cc(I)ccc21. The van der Waals surface area contributed by atoms with Gasteiger partial charge in [0.15, 0.2) is 0 Å². The van der Waals surface area contributed by atoms with Crippen LogP contribution in [0.15, 0.2) is 22.6 Å². The third-order valence-corrected chi connectivity index (χ3v) is 4.25. The van der Waals surface area contributed by atoms with Crippen molar-refractivity contribution in [3.63, 3.8) is 0 Å². The Balaban J connectivity index is 2.21. The predicted octanol–water partition coefficient (Wildman–Crippen LogP) is 3.04. The van der Waals surface area contributed by atoms with Gasteiger partial charge in [-0.05, 0) is 54.1 Å². The van der Waals surface area contributed by atoms with Crippen molar-refractivity contribution in [3.05, 3.63) is 33.1 Å². The van der Waals surface area contributed by atoms with Gasteiger partial charge in [-0.15, -0.1) is 0 Å². The quantitative estimate of drug-likeness (QED) is 0.839. The van der Waals surface area contributed by atoms with Crippen molar-refractivity contribution in [3.8, 4) is 0 Å². The third-order valence-electron chi connectivity index (χ3n) is 3.58. The second-order valence-electron chi connectivity index (χ2n) is 4.99. The van der Waals surface area contributed by atoms with Gasteiger partial charge < -0.3 is 14.5 Å². The van der Waals surface area contributed by atoms with Crippen LogP contribution in [0.25, 0.3) is 11.0 Å². The number of fused-ring (bicyclic) bond motifs is 3. The maximum Gasteiger partial charge on any atom is 0.135 e. The number of rotatable bonds is 2. The molecule has 0 bridgehead atoms. The number of hydrogen-bond donors (Lipinski definition) is 1. The van der Waals surface area contributed by atoms with Gasteiger partial charge in [0.25, 0.3) is 0 Å².